The van der Waals surface area contributed by atoms with Crippen LogP contribution in [0.1, 0.15) is 16.7 Å². The van der Waals surface area contributed by atoms with Crippen LogP contribution in [0.3, 0.4) is 0 Å². The quantitative estimate of drug-likeness (QED) is 0.826. The Morgan fingerprint density at radius 3 is 2.47 bits per heavy atom. The highest BCUT2D eigenvalue weighted by atomic mass is 32.2. The second kappa shape index (κ2) is 5.89. The Morgan fingerprint density at radius 1 is 1.00 bits per heavy atom. The minimum absolute atomic E-state index is 0.110. The number of aliphatic hydroxyl groups is 1. The van der Waals surface area contributed by atoms with Gasteiger partial charge in [-0.25, -0.2) is 0 Å². The summed E-state index contributed by atoms with van der Waals surface area (Å²) in [5.74, 6) is 0.967. The predicted octanol–water partition coefficient (Wildman–Crippen LogP) is 3.78. The summed E-state index contributed by atoms with van der Waals surface area (Å²) < 4.78 is 0. The van der Waals surface area contributed by atoms with Crippen LogP contribution >= 0.6 is 11.8 Å². The summed E-state index contributed by atoms with van der Waals surface area (Å²) >= 11 is 1.80. The van der Waals surface area contributed by atoms with Crippen molar-refractivity contribution in [3.05, 3.63) is 65.2 Å². The fourth-order valence-corrected chi connectivity index (χ4v) is 2.52. The molecular formula is C15H16OS. The van der Waals surface area contributed by atoms with Gasteiger partial charge in [-0.05, 0) is 30.2 Å². The van der Waals surface area contributed by atoms with Gasteiger partial charge in [-0.1, -0.05) is 42.0 Å². The van der Waals surface area contributed by atoms with Crippen molar-refractivity contribution in [2.45, 2.75) is 24.2 Å². The molecule has 0 atom stereocenters. The number of thioether (sulfide) groups is 1. The van der Waals surface area contributed by atoms with Gasteiger partial charge in [0, 0.05) is 10.6 Å². The molecule has 0 saturated carbocycles. The standard InChI is InChI=1S/C15H16OS/c1-12-5-7-13(8-6-12)11-17-15-4-2-3-14(9-15)10-16/h2-9,16H,10-11H2,1H3. The fraction of sp³-hybridized carbons (Fsp3) is 0.200. The number of hydrogen-bond acceptors (Lipinski definition) is 2. The van der Waals surface area contributed by atoms with Gasteiger partial charge >= 0.3 is 0 Å². The molecule has 0 bridgehead atoms. The Balaban J connectivity index is 1.99. The molecule has 0 spiro atoms. The Labute approximate surface area is 107 Å². The number of aliphatic hydroxyl groups excluding tert-OH is 1. The molecule has 17 heavy (non-hydrogen) atoms. The van der Waals surface area contributed by atoms with E-state index < -0.39 is 0 Å². The molecule has 2 rings (SSSR count). The minimum Gasteiger partial charge on any atom is -0.392 e. The summed E-state index contributed by atoms with van der Waals surface area (Å²) in [5.41, 5.74) is 3.59. The summed E-state index contributed by atoms with van der Waals surface area (Å²) in [7, 11) is 0. The lowest BCUT2D eigenvalue weighted by atomic mass is 10.2. The van der Waals surface area contributed by atoms with E-state index in [9.17, 15) is 0 Å². The molecule has 0 aliphatic rings. The van der Waals surface area contributed by atoms with E-state index in [1.54, 1.807) is 11.8 Å². The van der Waals surface area contributed by atoms with Gasteiger partial charge in [0.25, 0.3) is 0 Å². The van der Waals surface area contributed by atoms with Gasteiger partial charge in [-0.2, -0.15) is 0 Å². The summed E-state index contributed by atoms with van der Waals surface area (Å²) in [5, 5.41) is 9.07. The van der Waals surface area contributed by atoms with E-state index in [2.05, 4.69) is 37.3 Å². The highest BCUT2D eigenvalue weighted by molar-refractivity contribution is 7.98. The largest absolute Gasteiger partial charge is 0.392 e. The average Bonchev–Trinajstić information content (AvgIpc) is 2.38. The number of hydrogen-bond donors (Lipinski definition) is 1. The second-order valence-corrected chi connectivity index (χ2v) is 5.13. The van der Waals surface area contributed by atoms with Crippen LogP contribution in [0.5, 0.6) is 0 Å². The van der Waals surface area contributed by atoms with Crippen molar-refractivity contribution in [2.75, 3.05) is 0 Å². The maximum Gasteiger partial charge on any atom is 0.0682 e. The summed E-state index contributed by atoms with van der Waals surface area (Å²) in [6.07, 6.45) is 0. The van der Waals surface area contributed by atoms with Crippen LogP contribution in [0.4, 0.5) is 0 Å². The van der Waals surface area contributed by atoms with Crippen LogP contribution in [0.2, 0.25) is 0 Å². The van der Waals surface area contributed by atoms with Crippen LogP contribution in [0, 0.1) is 6.92 Å². The van der Waals surface area contributed by atoms with Crippen LogP contribution in [0.25, 0.3) is 0 Å². The third kappa shape index (κ3) is 3.62. The van der Waals surface area contributed by atoms with Crippen LogP contribution in [0.15, 0.2) is 53.4 Å². The van der Waals surface area contributed by atoms with Gasteiger partial charge in [0.2, 0.25) is 0 Å². The third-order valence-electron chi connectivity index (χ3n) is 2.61. The zero-order valence-corrected chi connectivity index (χ0v) is 10.7. The lowest BCUT2D eigenvalue weighted by Crippen LogP contribution is -1.84. The molecule has 2 aromatic rings. The van der Waals surface area contributed by atoms with E-state index >= 15 is 0 Å². The zero-order valence-electron chi connectivity index (χ0n) is 9.89. The molecule has 0 saturated heterocycles. The summed E-state index contributed by atoms with van der Waals surface area (Å²) in [6.45, 7) is 2.21. The van der Waals surface area contributed by atoms with Crippen LogP contribution < -0.4 is 0 Å². The molecule has 0 heterocycles. The molecule has 1 nitrogen and oxygen atoms in total. The van der Waals surface area contributed by atoms with Crippen molar-refractivity contribution in [1.29, 1.82) is 0 Å². The first-order valence-corrected chi connectivity index (χ1v) is 6.64. The first-order chi connectivity index (χ1) is 8.28. The molecule has 0 fully saturated rings. The smallest absolute Gasteiger partial charge is 0.0682 e. The summed E-state index contributed by atoms with van der Waals surface area (Å²) in [6, 6.07) is 16.7. The Morgan fingerprint density at radius 2 is 1.76 bits per heavy atom. The van der Waals surface area contributed by atoms with E-state index in [4.69, 9.17) is 5.11 Å². The maximum atomic E-state index is 9.07. The van der Waals surface area contributed by atoms with E-state index in [1.807, 2.05) is 18.2 Å². The van der Waals surface area contributed by atoms with Crippen molar-refractivity contribution >= 4 is 11.8 Å². The van der Waals surface area contributed by atoms with Gasteiger partial charge in [-0.3, -0.25) is 0 Å². The first-order valence-electron chi connectivity index (χ1n) is 5.66. The topological polar surface area (TPSA) is 20.2 Å². The van der Waals surface area contributed by atoms with Crippen molar-refractivity contribution < 1.29 is 5.11 Å². The minimum atomic E-state index is 0.110. The molecular weight excluding hydrogens is 228 g/mol. The molecule has 0 aliphatic heterocycles. The summed E-state index contributed by atoms with van der Waals surface area (Å²) in [4.78, 5) is 1.21. The Kier molecular flexibility index (Phi) is 4.24. The molecule has 1 N–H and O–H groups in total. The molecule has 0 unspecified atom stereocenters. The fourth-order valence-electron chi connectivity index (χ4n) is 1.58. The molecule has 2 aromatic carbocycles. The van der Waals surface area contributed by atoms with E-state index in [0.29, 0.717) is 0 Å². The SMILES string of the molecule is Cc1ccc(CSc2cccc(CO)c2)cc1. The molecule has 0 aliphatic carbocycles. The molecule has 88 valence electrons. The van der Waals surface area contributed by atoms with E-state index in [0.717, 1.165) is 11.3 Å². The average molecular weight is 244 g/mol. The van der Waals surface area contributed by atoms with Gasteiger partial charge < -0.3 is 5.11 Å². The normalized spacial score (nSPS) is 10.5. The first kappa shape index (κ1) is 12.2. The van der Waals surface area contributed by atoms with E-state index in [-0.39, 0.29) is 6.61 Å². The maximum absolute atomic E-state index is 9.07. The molecule has 0 amide bonds. The highest BCUT2D eigenvalue weighted by Gasteiger charge is 1.98. The molecule has 0 aromatic heterocycles. The number of benzene rings is 2. The van der Waals surface area contributed by atoms with Gasteiger partial charge in [0.05, 0.1) is 6.61 Å². The van der Waals surface area contributed by atoms with Crippen LogP contribution in [-0.4, -0.2) is 5.11 Å². The zero-order chi connectivity index (χ0) is 12.1. The third-order valence-corrected chi connectivity index (χ3v) is 3.67. The van der Waals surface area contributed by atoms with Gasteiger partial charge in [-0.15, -0.1) is 11.8 Å². The monoisotopic (exact) mass is 244 g/mol. The Bertz CT molecular complexity index is 477. The number of rotatable bonds is 4. The lowest BCUT2D eigenvalue weighted by molar-refractivity contribution is 0.281. The van der Waals surface area contributed by atoms with E-state index in [1.165, 1.54) is 16.0 Å². The van der Waals surface area contributed by atoms with Crippen LogP contribution in [-0.2, 0) is 12.4 Å². The van der Waals surface area contributed by atoms with Gasteiger partial charge in [0.15, 0.2) is 0 Å². The predicted molar refractivity (Wildman–Crippen MR) is 73.1 cm³/mol. The van der Waals surface area contributed by atoms with Gasteiger partial charge in [0.1, 0.15) is 0 Å². The second-order valence-electron chi connectivity index (χ2n) is 4.08. The molecule has 0 radical (unpaired) electrons. The molecule has 2 heteroatoms. The lowest BCUT2D eigenvalue weighted by Gasteiger charge is -2.04. The van der Waals surface area contributed by atoms with Crippen molar-refractivity contribution in [3.63, 3.8) is 0 Å². The number of aryl methyl sites for hydroxylation is 1. The van der Waals surface area contributed by atoms with Crippen molar-refractivity contribution in [3.8, 4) is 0 Å². The van der Waals surface area contributed by atoms with Crippen molar-refractivity contribution in [2.24, 2.45) is 0 Å². The highest BCUT2D eigenvalue weighted by Crippen LogP contribution is 2.23. The van der Waals surface area contributed by atoms with Crippen molar-refractivity contribution in [1.82, 2.24) is 0 Å². The Hall–Kier alpha value is -1.25.